The molecule has 1 aliphatic rings. The summed E-state index contributed by atoms with van der Waals surface area (Å²) < 4.78 is 10.5. The van der Waals surface area contributed by atoms with Gasteiger partial charge >= 0.3 is 6.09 Å². The van der Waals surface area contributed by atoms with Gasteiger partial charge in [-0.2, -0.15) is 0 Å². The summed E-state index contributed by atoms with van der Waals surface area (Å²) in [4.78, 5) is 30.2. The van der Waals surface area contributed by atoms with E-state index in [1.165, 1.54) is 11.3 Å². The first-order chi connectivity index (χ1) is 13.5. The lowest BCUT2D eigenvalue weighted by Crippen LogP contribution is -2.38. The topological polar surface area (TPSA) is 80.8 Å². The third-order valence-electron chi connectivity index (χ3n) is 4.34. The van der Waals surface area contributed by atoms with E-state index in [0.29, 0.717) is 37.9 Å². The van der Waals surface area contributed by atoms with Crippen LogP contribution in [0.15, 0.2) is 5.38 Å². The van der Waals surface area contributed by atoms with Crippen LogP contribution in [0.4, 0.5) is 4.79 Å². The van der Waals surface area contributed by atoms with E-state index in [0.717, 1.165) is 30.9 Å². The van der Waals surface area contributed by atoms with Crippen molar-refractivity contribution in [3.63, 3.8) is 0 Å². The SMILES string of the molecule is C#CCOC(=O)N1CCC(c2nc(C(=O)NCCCOCC(C)C)cs2)CC1. The quantitative estimate of drug-likeness (QED) is 0.503. The number of nitrogens with one attached hydrogen (secondary N) is 1. The minimum absolute atomic E-state index is 0.00638. The van der Waals surface area contributed by atoms with E-state index in [-0.39, 0.29) is 24.5 Å². The summed E-state index contributed by atoms with van der Waals surface area (Å²) in [5.41, 5.74) is 0.457. The van der Waals surface area contributed by atoms with Crippen LogP contribution in [0.5, 0.6) is 0 Å². The molecule has 7 nitrogen and oxygen atoms in total. The van der Waals surface area contributed by atoms with Crippen LogP contribution in [0.2, 0.25) is 0 Å². The summed E-state index contributed by atoms with van der Waals surface area (Å²) in [6.45, 7) is 7.37. The van der Waals surface area contributed by atoms with Crippen molar-refractivity contribution in [3.8, 4) is 12.3 Å². The average Bonchev–Trinajstić information content (AvgIpc) is 3.19. The molecule has 154 valence electrons. The first-order valence-electron chi connectivity index (χ1n) is 9.67. The number of piperidine rings is 1. The lowest BCUT2D eigenvalue weighted by atomic mass is 9.98. The van der Waals surface area contributed by atoms with Gasteiger partial charge in [0.2, 0.25) is 0 Å². The largest absolute Gasteiger partial charge is 0.436 e. The van der Waals surface area contributed by atoms with Gasteiger partial charge in [-0.15, -0.1) is 17.8 Å². The van der Waals surface area contributed by atoms with Gasteiger partial charge in [-0.3, -0.25) is 4.79 Å². The highest BCUT2D eigenvalue weighted by molar-refractivity contribution is 7.09. The van der Waals surface area contributed by atoms with E-state index >= 15 is 0 Å². The number of nitrogens with zero attached hydrogens (tertiary/aromatic N) is 2. The molecule has 1 aromatic heterocycles. The van der Waals surface area contributed by atoms with E-state index in [9.17, 15) is 9.59 Å². The number of amides is 2. The minimum atomic E-state index is -0.368. The zero-order valence-corrected chi connectivity index (χ0v) is 17.4. The van der Waals surface area contributed by atoms with Crippen molar-refractivity contribution in [2.45, 2.75) is 39.0 Å². The van der Waals surface area contributed by atoms with E-state index in [4.69, 9.17) is 15.9 Å². The van der Waals surface area contributed by atoms with Gasteiger partial charge in [0.25, 0.3) is 5.91 Å². The number of ether oxygens (including phenoxy) is 2. The fourth-order valence-corrected chi connectivity index (χ4v) is 3.84. The van der Waals surface area contributed by atoms with Gasteiger partial charge in [-0.05, 0) is 25.2 Å². The van der Waals surface area contributed by atoms with Crippen molar-refractivity contribution in [1.29, 1.82) is 0 Å². The molecular weight excluding hydrogens is 378 g/mol. The number of thiazole rings is 1. The standard InChI is InChI=1S/C20H29N3O4S/c1-4-11-27-20(25)23-9-6-16(7-10-23)19-22-17(14-28-19)18(24)21-8-5-12-26-13-15(2)3/h1,14-16H,5-13H2,2-3H3,(H,21,24). The fourth-order valence-electron chi connectivity index (χ4n) is 2.87. The molecule has 0 radical (unpaired) electrons. The number of aromatic nitrogens is 1. The second-order valence-corrected chi connectivity index (χ2v) is 8.06. The number of likely N-dealkylation sites (tertiary alicyclic amines) is 1. The molecule has 0 saturated carbocycles. The predicted molar refractivity (Wildman–Crippen MR) is 108 cm³/mol. The highest BCUT2D eigenvalue weighted by atomic mass is 32.1. The van der Waals surface area contributed by atoms with Crippen LogP contribution in [-0.4, -0.2) is 61.3 Å². The predicted octanol–water partition coefficient (Wildman–Crippen LogP) is 2.88. The fraction of sp³-hybridized carbons (Fsp3) is 0.650. The number of carbonyl (C=O) groups is 2. The van der Waals surface area contributed by atoms with Gasteiger partial charge in [-0.1, -0.05) is 19.8 Å². The Hall–Kier alpha value is -2.11. The van der Waals surface area contributed by atoms with Gasteiger partial charge in [0.15, 0.2) is 6.61 Å². The molecule has 0 atom stereocenters. The summed E-state index contributed by atoms with van der Waals surface area (Å²) >= 11 is 1.50. The van der Waals surface area contributed by atoms with Gasteiger partial charge < -0.3 is 19.7 Å². The lowest BCUT2D eigenvalue weighted by molar-refractivity contribution is 0.0921. The van der Waals surface area contributed by atoms with E-state index < -0.39 is 0 Å². The highest BCUT2D eigenvalue weighted by Gasteiger charge is 2.27. The van der Waals surface area contributed by atoms with Crippen molar-refractivity contribution in [1.82, 2.24) is 15.2 Å². The summed E-state index contributed by atoms with van der Waals surface area (Å²) in [5, 5.41) is 5.63. The summed E-state index contributed by atoms with van der Waals surface area (Å²) in [6, 6.07) is 0. The maximum Gasteiger partial charge on any atom is 0.410 e. The molecule has 2 amide bonds. The number of hydrogen-bond donors (Lipinski definition) is 1. The van der Waals surface area contributed by atoms with Crippen molar-refractivity contribution in [2.75, 3.05) is 39.5 Å². The Morgan fingerprint density at radius 2 is 2.18 bits per heavy atom. The average molecular weight is 408 g/mol. The Kier molecular flexibility index (Phi) is 9.24. The Bertz CT molecular complexity index is 675. The van der Waals surface area contributed by atoms with Crippen molar-refractivity contribution in [2.24, 2.45) is 5.92 Å². The number of hydrogen-bond acceptors (Lipinski definition) is 6. The van der Waals surface area contributed by atoms with Gasteiger partial charge in [0, 0.05) is 44.1 Å². The molecule has 0 spiro atoms. The van der Waals surface area contributed by atoms with E-state index in [2.05, 4.69) is 30.1 Å². The van der Waals surface area contributed by atoms with Crippen molar-refractivity contribution in [3.05, 3.63) is 16.1 Å². The first kappa shape index (κ1) is 22.2. The molecule has 8 heteroatoms. The third-order valence-corrected chi connectivity index (χ3v) is 5.35. The lowest BCUT2D eigenvalue weighted by Gasteiger charge is -2.30. The molecule has 1 N–H and O–H groups in total. The molecule has 0 aromatic carbocycles. The summed E-state index contributed by atoms with van der Waals surface area (Å²) in [7, 11) is 0. The highest BCUT2D eigenvalue weighted by Crippen LogP contribution is 2.30. The second kappa shape index (κ2) is 11.7. The van der Waals surface area contributed by atoms with Crippen molar-refractivity contribution >= 4 is 23.3 Å². The first-order valence-corrected chi connectivity index (χ1v) is 10.6. The number of rotatable bonds is 9. The molecule has 1 aliphatic heterocycles. The Morgan fingerprint density at radius 1 is 1.43 bits per heavy atom. The van der Waals surface area contributed by atoms with Gasteiger partial charge in [0.05, 0.1) is 5.01 Å². The molecule has 1 aromatic rings. The number of terminal acetylenes is 1. The molecule has 0 unspecified atom stereocenters. The molecule has 2 rings (SSSR count). The van der Waals surface area contributed by atoms with E-state index in [1.54, 1.807) is 10.3 Å². The zero-order chi connectivity index (χ0) is 20.4. The van der Waals surface area contributed by atoms with E-state index in [1.807, 2.05) is 0 Å². The van der Waals surface area contributed by atoms with Gasteiger partial charge in [-0.25, -0.2) is 9.78 Å². The molecule has 1 fully saturated rings. The van der Waals surface area contributed by atoms with Gasteiger partial charge in [0.1, 0.15) is 5.69 Å². The zero-order valence-electron chi connectivity index (χ0n) is 16.6. The second-order valence-electron chi connectivity index (χ2n) is 7.17. The molecular formula is C20H29N3O4S. The maximum atomic E-state index is 12.2. The third kappa shape index (κ3) is 7.13. The molecule has 1 saturated heterocycles. The Morgan fingerprint density at radius 3 is 2.86 bits per heavy atom. The monoisotopic (exact) mass is 407 g/mol. The number of carbonyl (C=O) groups excluding carboxylic acids is 2. The molecule has 0 aliphatic carbocycles. The van der Waals surface area contributed by atoms with Crippen LogP contribution in [-0.2, 0) is 9.47 Å². The van der Waals surface area contributed by atoms with Crippen LogP contribution >= 0.6 is 11.3 Å². The van der Waals surface area contributed by atoms with Crippen LogP contribution < -0.4 is 5.32 Å². The molecule has 0 bridgehead atoms. The van der Waals surface area contributed by atoms with Crippen LogP contribution in [0.25, 0.3) is 0 Å². The van der Waals surface area contributed by atoms with Crippen LogP contribution in [0.1, 0.15) is 54.5 Å². The van der Waals surface area contributed by atoms with Crippen molar-refractivity contribution < 1.29 is 19.1 Å². The minimum Gasteiger partial charge on any atom is -0.436 e. The summed E-state index contributed by atoms with van der Waals surface area (Å²) in [5.74, 6) is 2.91. The van der Waals surface area contributed by atoms with Crippen LogP contribution in [0.3, 0.4) is 0 Å². The maximum absolute atomic E-state index is 12.2. The molecule has 2 heterocycles. The summed E-state index contributed by atoms with van der Waals surface area (Å²) in [6.07, 6.45) is 7.11. The Balaban J connectivity index is 1.71. The Labute approximate surface area is 170 Å². The normalized spacial score (nSPS) is 14.7. The van der Waals surface area contributed by atoms with Crippen LogP contribution in [0, 0.1) is 18.3 Å². The smallest absolute Gasteiger partial charge is 0.410 e. The molecule has 28 heavy (non-hydrogen) atoms.